The van der Waals surface area contributed by atoms with Gasteiger partial charge in [0.2, 0.25) is 0 Å². The molecule has 0 aromatic rings. The zero-order valence-corrected chi connectivity index (χ0v) is 37.6. The minimum atomic E-state index is -1.59. The van der Waals surface area contributed by atoms with Crippen LogP contribution in [-0.4, -0.2) is 89.0 Å². The van der Waals surface area contributed by atoms with Crippen molar-refractivity contribution in [2.45, 2.75) is 275 Å². The van der Waals surface area contributed by atoms with E-state index in [1.807, 2.05) is 0 Å². The Morgan fingerprint density at radius 3 is 1.17 bits per heavy atom. The van der Waals surface area contributed by atoms with Gasteiger partial charge in [0.25, 0.3) is 0 Å². The fourth-order valence-corrected chi connectivity index (χ4v) is 7.84. The van der Waals surface area contributed by atoms with Crippen LogP contribution in [0, 0.1) is 0 Å². The van der Waals surface area contributed by atoms with Crippen molar-refractivity contribution in [3.05, 3.63) is 0 Å². The molecule has 0 aliphatic carbocycles. The maximum Gasteiger partial charge on any atom is 0.306 e. The summed E-state index contributed by atoms with van der Waals surface area (Å²) in [5, 5.41) is 40.1. The van der Waals surface area contributed by atoms with E-state index in [1.54, 1.807) is 0 Å². The average molecular weight is 829 g/mol. The van der Waals surface area contributed by atoms with E-state index in [4.69, 9.17) is 18.9 Å². The SMILES string of the molecule is CCCCCCCCCCCCCCCCCCCCCCCCCC(=O)OC(COC(=O)CCCCCCCCCCCC)COC1OC(CO)C(O)C(O)C1O. The fourth-order valence-electron chi connectivity index (χ4n) is 7.84. The van der Waals surface area contributed by atoms with Gasteiger partial charge in [-0.3, -0.25) is 9.59 Å². The number of unbranched alkanes of at least 4 members (excludes halogenated alkanes) is 31. The second-order valence-corrected chi connectivity index (χ2v) is 17.3. The number of carbonyl (C=O) groups is 2. The number of aliphatic hydroxyl groups excluding tert-OH is 4. The first kappa shape index (κ1) is 54.7. The first-order valence-corrected chi connectivity index (χ1v) is 24.6. The molecule has 10 heteroatoms. The lowest BCUT2D eigenvalue weighted by Gasteiger charge is -2.39. The molecule has 1 aliphatic rings. The molecule has 0 bridgehead atoms. The number of ether oxygens (including phenoxy) is 4. The number of rotatable bonds is 42. The molecule has 6 atom stereocenters. The molecule has 6 unspecified atom stereocenters. The Hall–Kier alpha value is -1.30. The zero-order chi connectivity index (χ0) is 42.3. The van der Waals surface area contributed by atoms with Crippen LogP contribution in [0.5, 0.6) is 0 Å². The van der Waals surface area contributed by atoms with Crippen LogP contribution in [0.4, 0.5) is 0 Å². The van der Waals surface area contributed by atoms with E-state index in [1.165, 1.54) is 173 Å². The van der Waals surface area contributed by atoms with Crippen LogP contribution in [0.3, 0.4) is 0 Å². The normalized spacial score (nSPS) is 20.0. The van der Waals surface area contributed by atoms with Crippen LogP contribution >= 0.6 is 0 Å². The predicted octanol–water partition coefficient (Wildman–Crippen LogP) is 11.0. The summed E-state index contributed by atoms with van der Waals surface area (Å²) in [6.07, 6.45) is 34.1. The van der Waals surface area contributed by atoms with E-state index in [9.17, 15) is 30.0 Å². The van der Waals surface area contributed by atoms with Crippen molar-refractivity contribution in [1.82, 2.24) is 0 Å². The van der Waals surface area contributed by atoms with Gasteiger partial charge in [0.05, 0.1) is 13.2 Å². The molecular weight excluding hydrogens is 737 g/mol. The Bertz CT molecular complexity index is 917. The number of esters is 2. The van der Waals surface area contributed by atoms with Crippen LogP contribution in [0.2, 0.25) is 0 Å². The number of carbonyl (C=O) groups excluding carboxylic acids is 2. The molecule has 1 aliphatic heterocycles. The van der Waals surface area contributed by atoms with Crippen molar-refractivity contribution < 1.29 is 49.0 Å². The predicted molar refractivity (Wildman–Crippen MR) is 234 cm³/mol. The molecule has 10 nitrogen and oxygen atoms in total. The standard InChI is InChI=1S/C48H92O10/c1-3-5-7-9-11-13-15-16-17-18-19-20-21-22-23-24-25-26-27-29-31-33-35-37-44(51)57-41(40-56-48-47(54)46(53)45(52)42(38-49)58-48)39-55-43(50)36-34-32-30-28-14-12-10-8-6-4-2/h41-42,45-49,52-54H,3-40H2,1-2H3. The molecule has 1 heterocycles. The molecule has 0 aromatic heterocycles. The molecule has 0 aromatic carbocycles. The highest BCUT2D eigenvalue weighted by Gasteiger charge is 2.44. The Morgan fingerprint density at radius 1 is 0.466 bits per heavy atom. The molecular formula is C48H92O10. The third-order valence-electron chi connectivity index (χ3n) is 11.7. The first-order valence-electron chi connectivity index (χ1n) is 24.6. The zero-order valence-electron chi connectivity index (χ0n) is 37.6. The Morgan fingerprint density at radius 2 is 0.810 bits per heavy atom. The van der Waals surface area contributed by atoms with Crippen molar-refractivity contribution in [3.63, 3.8) is 0 Å². The average Bonchev–Trinajstić information content (AvgIpc) is 3.22. The van der Waals surface area contributed by atoms with Crippen LogP contribution < -0.4 is 0 Å². The summed E-state index contributed by atoms with van der Waals surface area (Å²) in [6, 6.07) is 0. The van der Waals surface area contributed by atoms with Crippen LogP contribution in [0.15, 0.2) is 0 Å². The second kappa shape index (κ2) is 39.8. The summed E-state index contributed by atoms with van der Waals surface area (Å²) >= 11 is 0. The van der Waals surface area contributed by atoms with Gasteiger partial charge in [0.1, 0.15) is 31.0 Å². The summed E-state index contributed by atoms with van der Waals surface area (Å²) in [7, 11) is 0. The minimum Gasteiger partial charge on any atom is -0.462 e. The van der Waals surface area contributed by atoms with Gasteiger partial charge in [-0.15, -0.1) is 0 Å². The Kier molecular flexibility index (Phi) is 37.6. The van der Waals surface area contributed by atoms with Crippen LogP contribution in [0.25, 0.3) is 0 Å². The van der Waals surface area contributed by atoms with E-state index in [2.05, 4.69) is 13.8 Å². The van der Waals surface area contributed by atoms with E-state index >= 15 is 0 Å². The third-order valence-corrected chi connectivity index (χ3v) is 11.7. The quantitative estimate of drug-likeness (QED) is 0.0346. The number of aliphatic hydroxyl groups is 4. The highest BCUT2D eigenvalue weighted by Crippen LogP contribution is 2.23. The van der Waals surface area contributed by atoms with Crippen LogP contribution in [-0.2, 0) is 28.5 Å². The van der Waals surface area contributed by atoms with Crippen molar-refractivity contribution in [1.29, 1.82) is 0 Å². The van der Waals surface area contributed by atoms with E-state index in [-0.39, 0.29) is 32.0 Å². The molecule has 0 amide bonds. The lowest BCUT2D eigenvalue weighted by atomic mass is 9.99. The lowest BCUT2D eigenvalue weighted by molar-refractivity contribution is -0.305. The highest BCUT2D eigenvalue weighted by molar-refractivity contribution is 5.70. The smallest absolute Gasteiger partial charge is 0.306 e. The first-order chi connectivity index (χ1) is 28.3. The summed E-state index contributed by atoms with van der Waals surface area (Å²) in [6.45, 7) is 3.45. The van der Waals surface area contributed by atoms with Crippen molar-refractivity contribution in [2.24, 2.45) is 0 Å². The van der Waals surface area contributed by atoms with Gasteiger partial charge < -0.3 is 39.4 Å². The van der Waals surface area contributed by atoms with Gasteiger partial charge in [0, 0.05) is 12.8 Å². The Labute approximate surface area is 355 Å². The monoisotopic (exact) mass is 829 g/mol. The van der Waals surface area contributed by atoms with Gasteiger partial charge in [-0.25, -0.2) is 0 Å². The second-order valence-electron chi connectivity index (χ2n) is 17.3. The van der Waals surface area contributed by atoms with E-state index in [0.717, 1.165) is 32.1 Å². The van der Waals surface area contributed by atoms with Crippen molar-refractivity contribution in [2.75, 3.05) is 19.8 Å². The molecule has 0 spiro atoms. The van der Waals surface area contributed by atoms with Crippen LogP contribution in [0.1, 0.15) is 239 Å². The van der Waals surface area contributed by atoms with Gasteiger partial charge in [-0.2, -0.15) is 0 Å². The molecule has 0 radical (unpaired) electrons. The largest absolute Gasteiger partial charge is 0.462 e. The summed E-state index contributed by atoms with van der Waals surface area (Å²) in [5.41, 5.74) is 0. The summed E-state index contributed by atoms with van der Waals surface area (Å²) < 4.78 is 22.2. The third kappa shape index (κ3) is 30.7. The summed E-state index contributed by atoms with van der Waals surface area (Å²) in [5.74, 6) is -0.792. The summed E-state index contributed by atoms with van der Waals surface area (Å²) in [4.78, 5) is 25.3. The highest BCUT2D eigenvalue weighted by atomic mass is 16.7. The van der Waals surface area contributed by atoms with E-state index in [0.29, 0.717) is 6.42 Å². The number of hydrogen-bond donors (Lipinski definition) is 4. The molecule has 344 valence electrons. The Balaban J connectivity index is 2.20. The molecule has 4 N–H and O–H groups in total. The molecule has 1 saturated heterocycles. The maximum absolute atomic E-state index is 12.8. The van der Waals surface area contributed by atoms with Gasteiger partial charge in [-0.1, -0.05) is 213 Å². The molecule has 58 heavy (non-hydrogen) atoms. The van der Waals surface area contributed by atoms with Crippen molar-refractivity contribution in [3.8, 4) is 0 Å². The maximum atomic E-state index is 12.8. The number of hydrogen-bond acceptors (Lipinski definition) is 10. The van der Waals surface area contributed by atoms with Gasteiger partial charge in [0.15, 0.2) is 12.4 Å². The molecule has 1 rings (SSSR count). The lowest BCUT2D eigenvalue weighted by Crippen LogP contribution is -2.59. The molecule has 0 saturated carbocycles. The van der Waals surface area contributed by atoms with Gasteiger partial charge >= 0.3 is 11.9 Å². The van der Waals surface area contributed by atoms with Crippen molar-refractivity contribution >= 4 is 11.9 Å². The van der Waals surface area contributed by atoms with Gasteiger partial charge in [-0.05, 0) is 12.8 Å². The molecule has 1 fully saturated rings. The minimum absolute atomic E-state index is 0.209. The topological polar surface area (TPSA) is 152 Å². The van der Waals surface area contributed by atoms with E-state index < -0.39 is 49.4 Å². The fraction of sp³-hybridized carbons (Fsp3) is 0.958.